The second kappa shape index (κ2) is 10.9. The molecule has 4 N–H and O–H groups in total. The van der Waals surface area contributed by atoms with Gasteiger partial charge in [0, 0.05) is 43.1 Å². The number of carbonyl (C=O) groups excluding carboxylic acids is 1. The van der Waals surface area contributed by atoms with Crippen molar-refractivity contribution < 1.29 is 9.53 Å². The molecular formula is C18H29Cl2N3O2. The van der Waals surface area contributed by atoms with Crippen LogP contribution in [0, 0.1) is 5.92 Å². The van der Waals surface area contributed by atoms with Crippen LogP contribution in [0.1, 0.15) is 38.5 Å². The molecule has 7 heteroatoms. The van der Waals surface area contributed by atoms with Crippen LogP contribution in [0.15, 0.2) is 24.3 Å². The van der Waals surface area contributed by atoms with Gasteiger partial charge in [-0.2, -0.15) is 0 Å². The van der Waals surface area contributed by atoms with E-state index in [9.17, 15) is 4.79 Å². The zero-order valence-electron chi connectivity index (χ0n) is 14.4. The highest BCUT2D eigenvalue weighted by atomic mass is 35.5. The maximum Gasteiger partial charge on any atom is 0.224 e. The minimum atomic E-state index is 0. The van der Waals surface area contributed by atoms with Gasteiger partial charge in [0.05, 0.1) is 0 Å². The zero-order valence-corrected chi connectivity index (χ0v) is 16.0. The van der Waals surface area contributed by atoms with Gasteiger partial charge in [-0.3, -0.25) is 4.79 Å². The summed E-state index contributed by atoms with van der Waals surface area (Å²) >= 11 is 0. The van der Waals surface area contributed by atoms with E-state index in [4.69, 9.17) is 10.5 Å². The van der Waals surface area contributed by atoms with Gasteiger partial charge in [0.25, 0.3) is 0 Å². The highest BCUT2D eigenvalue weighted by Crippen LogP contribution is 2.27. The normalized spacial score (nSPS) is 23.2. The van der Waals surface area contributed by atoms with Gasteiger partial charge in [-0.25, -0.2) is 0 Å². The van der Waals surface area contributed by atoms with Crippen molar-refractivity contribution in [2.75, 3.05) is 23.8 Å². The Balaban J connectivity index is 0.00000156. The number of anilines is 2. The minimum absolute atomic E-state index is 0. The van der Waals surface area contributed by atoms with Crippen molar-refractivity contribution in [2.24, 2.45) is 11.7 Å². The summed E-state index contributed by atoms with van der Waals surface area (Å²) in [5.41, 5.74) is 7.97. The molecule has 1 aliphatic carbocycles. The number of nitrogens with two attached hydrogens (primary N) is 1. The number of hydrogen-bond acceptors (Lipinski definition) is 4. The summed E-state index contributed by atoms with van der Waals surface area (Å²) in [6, 6.07) is 8.61. The van der Waals surface area contributed by atoms with Crippen LogP contribution >= 0.6 is 24.8 Å². The number of benzene rings is 1. The van der Waals surface area contributed by atoms with Crippen molar-refractivity contribution in [1.29, 1.82) is 0 Å². The summed E-state index contributed by atoms with van der Waals surface area (Å²) in [5, 5.41) is 6.49. The van der Waals surface area contributed by atoms with Crippen molar-refractivity contribution in [2.45, 2.75) is 50.6 Å². The summed E-state index contributed by atoms with van der Waals surface area (Å²) < 4.78 is 5.37. The van der Waals surface area contributed by atoms with Gasteiger partial charge in [-0.15, -0.1) is 24.8 Å². The topological polar surface area (TPSA) is 76.4 Å². The Kier molecular flexibility index (Phi) is 9.57. The Morgan fingerprint density at radius 2 is 1.68 bits per heavy atom. The third-order valence-electron chi connectivity index (χ3n) is 4.93. The second-order valence-electron chi connectivity index (χ2n) is 6.72. The van der Waals surface area contributed by atoms with Crippen LogP contribution < -0.4 is 16.4 Å². The van der Waals surface area contributed by atoms with E-state index in [-0.39, 0.29) is 36.8 Å². The molecule has 1 aliphatic heterocycles. The average molecular weight is 390 g/mol. The van der Waals surface area contributed by atoms with E-state index in [2.05, 4.69) is 10.6 Å². The van der Waals surface area contributed by atoms with Crippen LogP contribution in [-0.2, 0) is 9.53 Å². The monoisotopic (exact) mass is 389 g/mol. The quantitative estimate of drug-likeness (QED) is 0.718. The van der Waals surface area contributed by atoms with Crippen LogP contribution in [0.3, 0.4) is 0 Å². The number of halogens is 2. The number of carbonyl (C=O) groups is 1. The van der Waals surface area contributed by atoms with Gasteiger partial charge in [0.2, 0.25) is 5.91 Å². The highest BCUT2D eigenvalue weighted by molar-refractivity contribution is 5.91. The standard InChI is InChI=1S/C18H27N3O2.2ClH/c19-17-3-1-2-13(17)12-18(22)21-15-6-4-14(5-7-15)20-16-8-10-23-11-9-16;;/h4-7,13,16-17,20H,1-3,8-12,19H2,(H,21,22);2*1H/t13-,17+;;/m0../s1. The fourth-order valence-corrected chi connectivity index (χ4v) is 3.50. The molecule has 25 heavy (non-hydrogen) atoms. The average Bonchev–Trinajstić information content (AvgIpc) is 2.95. The van der Waals surface area contributed by atoms with E-state index in [1.807, 2.05) is 24.3 Å². The van der Waals surface area contributed by atoms with E-state index in [0.29, 0.717) is 18.4 Å². The largest absolute Gasteiger partial charge is 0.382 e. The molecule has 2 aliphatic rings. The molecule has 1 saturated carbocycles. The van der Waals surface area contributed by atoms with Gasteiger partial charge in [0.15, 0.2) is 0 Å². The second-order valence-corrected chi connectivity index (χ2v) is 6.72. The molecule has 3 rings (SSSR count). The van der Waals surface area contributed by atoms with Gasteiger partial charge in [0.1, 0.15) is 0 Å². The zero-order chi connectivity index (χ0) is 16.1. The summed E-state index contributed by atoms with van der Waals surface area (Å²) in [6.45, 7) is 1.66. The predicted octanol–water partition coefficient (Wildman–Crippen LogP) is 3.58. The smallest absolute Gasteiger partial charge is 0.224 e. The maximum atomic E-state index is 12.1. The number of hydrogen-bond donors (Lipinski definition) is 3. The number of ether oxygens (including phenoxy) is 1. The summed E-state index contributed by atoms with van der Waals surface area (Å²) in [5.74, 6) is 0.405. The molecule has 142 valence electrons. The summed E-state index contributed by atoms with van der Waals surface area (Å²) in [4.78, 5) is 12.1. The molecular weight excluding hydrogens is 361 g/mol. The molecule has 0 unspecified atom stereocenters. The van der Waals surface area contributed by atoms with E-state index < -0.39 is 0 Å². The molecule has 0 spiro atoms. The highest BCUT2D eigenvalue weighted by Gasteiger charge is 2.26. The molecule has 2 fully saturated rings. The Morgan fingerprint density at radius 1 is 1.04 bits per heavy atom. The Bertz CT molecular complexity index is 522. The van der Waals surface area contributed by atoms with Crippen molar-refractivity contribution in [1.82, 2.24) is 0 Å². The lowest BCUT2D eigenvalue weighted by Crippen LogP contribution is -2.28. The molecule has 5 nitrogen and oxygen atoms in total. The molecule has 2 atom stereocenters. The Morgan fingerprint density at radius 3 is 2.28 bits per heavy atom. The van der Waals surface area contributed by atoms with Crippen LogP contribution in [0.5, 0.6) is 0 Å². The third-order valence-corrected chi connectivity index (χ3v) is 4.93. The van der Waals surface area contributed by atoms with Crippen LogP contribution in [-0.4, -0.2) is 31.2 Å². The van der Waals surface area contributed by atoms with E-state index in [0.717, 1.165) is 56.7 Å². The number of nitrogens with one attached hydrogen (secondary N) is 2. The van der Waals surface area contributed by atoms with Gasteiger partial charge < -0.3 is 21.1 Å². The van der Waals surface area contributed by atoms with Crippen molar-refractivity contribution in [3.8, 4) is 0 Å². The molecule has 1 aromatic rings. The molecule has 1 heterocycles. The lowest BCUT2D eigenvalue weighted by Gasteiger charge is -2.24. The molecule has 0 aromatic heterocycles. The van der Waals surface area contributed by atoms with Gasteiger partial charge >= 0.3 is 0 Å². The van der Waals surface area contributed by atoms with E-state index >= 15 is 0 Å². The van der Waals surface area contributed by atoms with Crippen molar-refractivity contribution in [3.63, 3.8) is 0 Å². The fourth-order valence-electron chi connectivity index (χ4n) is 3.50. The van der Waals surface area contributed by atoms with Crippen LogP contribution in [0.25, 0.3) is 0 Å². The predicted molar refractivity (Wildman–Crippen MR) is 107 cm³/mol. The van der Waals surface area contributed by atoms with Crippen molar-refractivity contribution in [3.05, 3.63) is 24.3 Å². The maximum absolute atomic E-state index is 12.1. The van der Waals surface area contributed by atoms with E-state index in [1.54, 1.807) is 0 Å². The lowest BCUT2D eigenvalue weighted by molar-refractivity contribution is -0.117. The van der Waals surface area contributed by atoms with Gasteiger partial charge in [-0.1, -0.05) is 6.42 Å². The summed E-state index contributed by atoms with van der Waals surface area (Å²) in [7, 11) is 0. The molecule has 1 amide bonds. The first kappa shape index (κ1) is 22.0. The molecule has 1 aromatic carbocycles. The fraction of sp³-hybridized carbons (Fsp3) is 0.611. The molecule has 0 bridgehead atoms. The first-order valence-corrected chi connectivity index (χ1v) is 8.70. The first-order chi connectivity index (χ1) is 11.2. The SMILES string of the molecule is Cl.Cl.N[C@@H]1CCC[C@H]1CC(=O)Nc1ccc(NC2CCOCC2)cc1. The Labute approximate surface area is 162 Å². The molecule has 1 saturated heterocycles. The van der Waals surface area contributed by atoms with Crippen LogP contribution in [0.2, 0.25) is 0 Å². The first-order valence-electron chi connectivity index (χ1n) is 8.70. The van der Waals surface area contributed by atoms with Gasteiger partial charge in [-0.05, 0) is 55.9 Å². The lowest BCUT2D eigenvalue weighted by atomic mass is 10.00. The molecule has 0 radical (unpaired) electrons. The number of rotatable bonds is 5. The van der Waals surface area contributed by atoms with E-state index in [1.165, 1.54) is 0 Å². The minimum Gasteiger partial charge on any atom is -0.382 e. The Hall–Kier alpha value is -1.01. The number of amides is 1. The third kappa shape index (κ3) is 6.66. The van der Waals surface area contributed by atoms with Crippen LogP contribution in [0.4, 0.5) is 11.4 Å². The summed E-state index contributed by atoms with van der Waals surface area (Å²) in [6.07, 6.45) is 5.88. The van der Waals surface area contributed by atoms with Crippen molar-refractivity contribution >= 4 is 42.1 Å².